The van der Waals surface area contributed by atoms with E-state index in [1.807, 2.05) is 52.0 Å². The Bertz CT molecular complexity index is 1300. The fourth-order valence-electron chi connectivity index (χ4n) is 3.67. The van der Waals surface area contributed by atoms with E-state index in [-0.39, 0.29) is 17.8 Å². The van der Waals surface area contributed by atoms with Gasteiger partial charge in [-0.05, 0) is 69.2 Å². The van der Waals surface area contributed by atoms with E-state index in [0.29, 0.717) is 29.0 Å². The molecule has 166 valence electrons. The number of ether oxygens (including phenoxy) is 2. The van der Waals surface area contributed by atoms with Gasteiger partial charge in [0.2, 0.25) is 11.2 Å². The molecule has 0 amide bonds. The van der Waals surface area contributed by atoms with Crippen molar-refractivity contribution in [2.75, 3.05) is 6.61 Å². The van der Waals surface area contributed by atoms with Gasteiger partial charge in [0.15, 0.2) is 0 Å². The minimum absolute atomic E-state index is 0.0853. The van der Waals surface area contributed by atoms with Crippen molar-refractivity contribution in [1.29, 1.82) is 0 Å². The Morgan fingerprint density at radius 3 is 2.47 bits per heavy atom. The van der Waals surface area contributed by atoms with Crippen LogP contribution in [-0.4, -0.2) is 27.6 Å². The van der Waals surface area contributed by atoms with Gasteiger partial charge in [0.05, 0.1) is 17.6 Å². The van der Waals surface area contributed by atoms with Crippen molar-refractivity contribution in [3.8, 4) is 17.2 Å². The minimum atomic E-state index is -0.732. The minimum Gasteiger partial charge on any atom is -0.491 e. The highest BCUT2D eigenvalue weighted by atomic mass is 16.5. The van der Waals surface area contributed by atoms with Crippen LogP contribution in [0.3, 0.4) is 0 Å². The predicted octanol–water partition coefficient (Wildman–Crippen LogP) is 4.46. The van der Waals surface area contributed by atoms with Crippen LogP contribution in [0.2, 0.25) is 0 Å². The molecule has 7 heteroatoms. The number of aryl methyl sites for hydroxylation is 4. The van der Waals surface area contributed by atoms with Gasteiger partial charge in [0, 0.05) is 11.8 Å². The molecule has 1 N–H and O–H groups in total. The molecule has 0 aliphatic rings. The lowest BCUT2D eigenvalue weighted by atomic mass is 10.1. The van der Waals surface area contributed by atoms with Crippen LogP contribution >= 0.6 is 0 Å². The molecule has 0 saturated carbocycles. The average Bonchev–Trinajstić information content (AvgIpc) is 3.04. The third-order valence-electron chi connectivity index (χ3n) is 5.07. The fraction of sp³-hybridized carbons (Fsp3) is 0.280. The van der Waals surface area contributed by atoms with Gasteiger partial charge in [-0.25, -0.2) is 0 Å². The summed E-state index contributed by atoms with van der Waals surface area (Å²) in [5, 5.41) is 15.0. The molecule has 4 aromatic rings. The van der Waals surface area contributed by atoms with Crippen LogP contribution in [-0.2, 0) is 6.54 Å². The number of hydrogen-bond donors (Lipinski definition) is 1. The Labute approximate surface area is 185 Å². The monoisotopic (exact) mass is 434 g/mol. The number of aliphatic hydroxyl groups is 1. The van der Waals surface area contributed by atoms with Crippen molar-refractivity contribution < 1.29 is 19.0 Å². The lowest BCUT2D eigenvalue weighted by Crippen LogP contribution is -2.24. The van der Waals surface area contributed by atoms with Gasteiger partial charge >= 0.3 is 0 Å². The SMILES string of the molecule is Cc1cc(C)cc(Oc2coc3cc(OC[C@H](O)Cn4nc(C)cc4C)ccc3c2=O)c1. The van der Waals surface area contributed by atoms with E-state index in [9.17, 15) is 9.90 Å². The molecule has 0 aliphatic heterocycles. The Kier molecular flexibility index (Phi) is 6.01. The molecule has 2 aromatic heterocycles. The molecule has 0 spiro atoms. The van der Waals surface area contributed by atoms with Gasteiger partial charge in [-0.3, -0.25) is 9.48 Å². The van der Waals surface area contributed by atoms with Crippen molar-refractivity contribution in [3.05, 3.63) is 81.5 Å². The molecule has 0 unspecified atom stereocenters. The molecule has 0 aliphatic carbocycles. The number of fused-ring (bicyclic) bond motifs is 1. The lowest BCUT2D eigenvalue weighted by Gasteiger charge is -2.14. The number of hydrogen-bond acceptors (Lipinski definition) is 6. The molecule has 4 rings (SSSR count). The Hall–Kier alpha value is -3.58. The Morgan fingerprint density at radius 1 is 1.03 bits per heavy atom. The second-order valence-corrected chi connectivity index (χ2v) is 8.09. The Morgan fingerprint density at radius 2 is 1.78 bits per heavy atom. The summed E-state index contributed by atoms with van der Waals surface area (Å²) < 4.78 is 18.9. The third kappa shape index (κ3) is 4.84. The molecular formula is C25H26N2O5. The molecule has 0 fully saturated rings. The van der Waals surface area contributed by atoms with Gasteiger partial charge in [0.25, 0.3) is 0 Å². The van der Waals surface area contributed by atoms with Crippen LogP contribution in [0.1, 0.15) is 22.5 Å². The van der Waals surface area contributed by atoms with Crippen LogP contribution in [0.25, 0.3) is 11.0 Å². The number of aromatic nitrogens is 2. The summed E-state index contributed by atoms with van der Waals surface area (Å²) in [6.45, 7) is 8.21. The highest BCUT2D eigenvalue weighted by Crippen LogP contribution is 2.25. The predicted molar refractivity (Wildman–Crippen MR) is 122 cm³/mol. The Balaban J connectivity index is 1.46. The number of benzene rings is 2. The fourth-order valence-corrected chi connectivity index (χ4v) is 3.67. The summed E-state index contributed by atoms with van der Waals surface area (Å²) in [5.41, 5.74) is 4.10. The number of nitrogens with zero attached hydrogens (tertiary/aromatic N) is 2. The summed E-state index contributed by atoms with van der Waals surface area (Å²) in [4.78, 5) is 12.8. The van der Waals surface area contributed by atoms with E-state index in [0.717, 1.165) is 22.5 Å². The summed E-state index contributed by atoms with van der Waals surface area (Å²) >= 11 is 0. The summed E-state index contributed by atoms with van der Waals surface area (Å²) in [6, 6.07) is 12.7. The maximum Gasteiger partial charge on any atom is 0.235 e. The van der Waals surface area contributed by atoms with Crippen molar-refractivity contribution >= 4 is 11.0 Å². The first-order valence-electron chi connectivity index (χ1n) is 10.4. The molecule has 2 aromatic carbocycles. The first-order chi connectivity index (χ1) is 15.3. The summed E-state index contributed by atoms with van der Waals surface area (Å²) in [5.74, 6) is 1.21. The van der Waals surface area contributed by atoms with E-state index in [2.05, 4.69) is 5.10 Å². The summed E-state index contributed by atoms with van der Waals surface area (Å²) in [6.07, 6.45) is 0.577. The molecular weight excluding hydrogens is 408 g/mol. The standard InChI is InChI=1S/C25H26N2O5/c1-15-7-16(2)9-21(8-15)32-24-14-31-23-11-20(5-6-22(23)25(24)29)30-13-19(28)12-27-18(4)10-17(3)26-27/h5-11,14,19,28H,12-13H2,1-4H3/t19-/m1/s1. The molecule has 7 nitrogen and oxygen atoms in total. The van der Waals surface area contributed by atoms with Crippen LogP contribution < -0.4 is 14.9 Å². The van der Waals surface area contributed by atoms with Gasteiger partial charge < -0.3 is 19.0 Å². The van der Waals surface area contributed by atoms with E-state index in [1.54, 1.807) is 22.9 Å². The van der Waals surface area contributed by atoms with Crippen LogP contribution in [0, 0.1) is 27.7 Å². The maximum atomic E-state index is 12.8. The van der Waals surface area contributed by atoms with Crippen LogP contribution in [0.15, 0.2) is 57.9 Å². The van der Waals surface area contributed by atoms with Crippen LogP contribution in [0.5, 0.6) is 17.2 Å². The van der Waals surface area contributed by atoms with Crippen molar-refractivity contribution in [1.82, 2.24) is 9.78 Å². The van der Waals surface area contributed by atoms with Crippen molar-refractivity contribution in [2.45, 2.75) is 40.3 Å². The molecule has 0 bridgehead atoms. The van der Waals surface area contributed by atoms with Crippen molar-refractivity contribution in [2.24, 2.45) is 0 Å². The van der Waals surface area contributed by atoms with Gasteiger partial charge in [0.1, 0.15) is 36.1 Å². The second-order valence-electron chi connectivity index (χ2n) is 8.09. The highest BCUT2D eigenvalue weighted by molar-refractivity contribution is 5.79. The number of aliphatic hydroxyl groups excluding tert-OH is 1. The normalized spacial score (nSPS) is 12.2. The first-order valence-corrected chi connectivity index (χ1v) is 10.4. The molecule has 0 saturated heterocycles. The van der Waals surface area contributed by atoms with E-state index >= 15 is 0 Å². The smallest absolute Gasteiger partial charge is 0.235 e. The first kappa shape index (κ1) is 21.6. The molecule has 32 heavy (non-hydrogen) atoms. The quantitative estimate of drug-likeness (QED) is 0.462. The molecule has 2 heterocycles. The van der Waals surface area contributed by atoms with E-state index in [1.165, 1.54) is 6.26 Å². The summed E-state index contributed by atoms with van der Waals surface area (Å²) in [7, 11) is 0. The van der Waals surface area contributed by atoms with Gasteiger partial charge in [-0.1, -0.05) is 6.07 Å². The second kappa shape index (κ2) is 8.88. The van der Waals surface area contributed by atoms with Crippen molar-refractivity contribution in [3.63, 3.8) is 0 Å². The largest absolute Gasteiger partial charge is 0.491 e. The zero-order valence-electron chi connectivity index (χ0n) is 18.6. The third-order valence-corrected chi connectivity index (χ3v) is 5.07. The maximum absolute atomic E-state index is 12.8. The van der Waals surface area contributed by atoms with Crippen LogP contribution in [0.4, 0.5) is 0 Å². The zero-order chi connectivity index (χ0) is 22.8. The van der Waals surface area contributed by atoms with Gasteiger partial charge in [-0.2, -0.15) is 5.10 Å². The van der Waals surface area contributed by atoms with E-state index < -0.39 is 6.10 Å². The van der Waals surface area contributed by atoms with Gasteiger partial charge in [-0.15, -0.1) is 0 Å². The highest BCUT2D eigenvalue weighted by Gasteiger charge is 2.13. The molecule has 1 atom stereocenters. The topological polar surface area (TPSA) is 86.7 Å². The lowest BCUT2D eigenvalue weighted by molar-refractivity contribution is 0.0887. The van der Waals surface area contributed by atoms with E-state index in [4.69, 9.17) is 13.9 Å². The number of rotatable bonds is 7. The zero-order valence-corrected chi connectivity index (χ0v) is 18.6. The molecule has 0 radical (unpaired) electrons. The average molecular weight is 434 g/mol.